The molecule has 5 nitrogen and oxygen atoms in total. The first-order valence-electron chi connectivity index (χ1n) is 5.46. The van der Waals surface area contributed by atoms with E-state index >= 15 is 0 Å². The third kappa shape index (κ3) is 2.92. The number of halogens is 3. The fourth-order valence-corrected chi connectivity index (χ4v) is 3.05. The second-order valence-electron chi connectivity index (χ2n) is 3.85. The topological polar surface area (TPSA) is 47.4 Å². The molecule has 0 atom stereocenters. The fourth-order valence-electron chi connectivity index (χ4n) is 1.56. The lowest BCUT2D eigenvalue weighted by atomic mass is 10.3. The lowest BCUT2D eigenvalue weighted by molar-refractivity contribution is -0.0760. The van der Waals surface area contributed by atoms with Crippen molar-refractivity contribution in [1.29, 1.82) is 0 Å². The van der Waals surface area contributed by atoms with Gasteiger partial charge in [0.05, 0.1) is 12.8 Å². The number of hydroxylamine groups is 2. The molecule has 0 fully saturated rings. The molecular weight excluding hydrogens is 397 g/mol. The number of nitrogens with zero attached hydrogens (tertiary/aromatic N) is 3. The molecule has 1 aromatic carbocycles. The van der Waals surface area contributed by atoms with Crippen molar-refractivity contribution in [2.24, 2.45) is 0 Å². The zero-order chi connectivity index (χ0) is 14.9. The highest BCUT2D eigenvalue weighted by atomic mass is 79.9. The van der Waals surface area contributed by atoms with Crippen LogP contribution < -0.4 is 0 Å². The second-order valence-corrected chi connectivity index (χ2v) is 5.56. The van der Waals surface area contributed by atoms with Gasteiger partial charge in [0.25, 0.3) is 5.91 Å². The summed E-state index contributed by atoms with van der Waals surface area (Å²) in [4.78, 5) is 16.7. The Morgan fingerprint density at radius 3 is 2.55 bits per heavy atom. The molecule has 1 aromatic heterocycles. The van der Waals surface area contributed by atoms with Gasteiger partial charge in [-0.05, 0) is 50.1 Å². The summed E-state index contributed by atoms with van der Waals surface area (Å²) in [6.07, 6.45) is 1.61. The van der Waals surface area contributed by atoms with Gasteiger partial charge in [0, 0.05) is 22.2 Å². The average molecular weight is 407 g/mol. The molecule has 8 heteroatoms. The molecule has 0 aliphatic heterocycles. The van der Waals surface area contributed by atoms with Crippen LogP contribution in [0.25, 0.3) is 5.69 Å². The zero-order valence-electron chi connectivity index (χ0n) is 10.6. The summed E-state index contributed by atoms with van der Waals surface area (Å²) >= 11 is 6.55. The first-order chi connectivity index (χ1) is 9.43. The third-order valence-corrected chi connectivity index (χ3v) is 3.79. The summed E-state index contributed by atoms with van der Waals surface area (Å²) in [5.41, 5.74) is 0.822. The number of carbonyl (C=O) groups is 1. The number of amides is 1. The van der Waals surface area contributed by atoms with E-state index < -0.39 is 0 Å². The van der Waals surface area contributed by atoms with Crippen LogP contribution in [0.1, 0.15) is 10.5 Å². The predicted molar refractivity (Wildman–Crippen MR) is 78.0 cm³/mol. The number of hydrogen-bond donors (Lipinski definition) is 0. The molecule has 20 heavy (non-hydrogen) atoms. The minimum absolute atomic E-state index is 0.220. The van der Waals surface area contributed by atoms with Crippen LogP contribution in [0.5, 0.6) is 0 Å². The molecule has 1 amide bonds. The quantitative estimate of drug-likeness (QED) is 0.735. The van der Waals surface area contributed by atoms with Gasteiger partial charge in [-0.15, -0.1) is 0 Å². The molecule has 106 valence electrons. The van der Waals surface area contributed by atoms with Crippen LogP contribution in [0, 0.1) is 5.82 Å². The van der Waals surface area contributed by atoms with Crippen molar-refractivity contribution in [3.8, 4) is 5.69 Å². The number of benzene rings is 1. The van der Waals surface area contributed by atoms with Crippen LogP contribution in [0.3, 0.4) is 0 Å². The maximum absolute atomic E-state index is 13.2. The van der Waals surface area contributed by atoms with Gasteiger partial charge in [0.15, 0.2) is 5.69 Å². The van der Waals surface area contributed by atoms with E-state index in [0.717, 1.165) is 5.06 Å². The molecule has 1 heterocycles. The Kier molecular flexibility index (Phi) is 4.56. The smallest absolute Gasteiger partial charge is 0.274 e. The molecule has 0 saturated carbocycles. The highest BCUT2D eigenvalue weighted by Crippen LogP contribution is 2.30. The molecule has 2 rings (SSSR count). The van der Waals surface area contributed by atoms with Crippen LogP contribution in [-0.2, 0) is 4.84 Å². The largest absolute Gasteiger partial charge is 0.297 e. The Balaban J connectivity index is 2.42. The third-order valence-electron chi connectivity index (χ3n) is 2.58. The van der Waals surface area contributed by atoms with Gasteiger partial charge in [0.1, 0.15) is 5.82 Å². The highest BCUT2D eigenvalue weighted by Gasteiger charge is 2.17. The molecule has 0 unspecified atom stereocenters. The number of hydrogen-bond acceptors (Lipinski definition) is 3. The van der Waals surface area contributed by atoms with Gasteiger partial charge in [-0.25, -0.2) is 14.1 Å². The fraction of sp³-hybridized carbons (Fsp3) is 0.167. The van der Waals surface area contributed by atoms with E-state index in [2.05, 4.69) is 37.0 Å². The van der Waals surface area contributed by atoms with Crippen molar-refractivity contribution in [1.82, 2.24) is 14.8 Å². The van der Waals surface area contributed by atoms with Gasteiger partial charge in [0.2, 0.25) is 0 Å². The van der Waals surface area contributed by atoms with Gasteiger partial charge < -0.3 is 0 Å². The minimum Gasteiger partial charge on any atom is -0.274 e. The Morgan fingerprint density at radius 2 is 2.00 bits per heavy atom. The molecule has 0 saturated heterocycles. The average Bonchev–Trinajstić information content (AvgIpc) is 2.85. The lowest BCUT2D eigenvalue weighted by Crippen LogP contribution is -2.25. The van der Waals surface area contributed by atoms with E-state index in [4.69, 9.17) is 4.84 Å². The number of rotatable bonds is 3. The van der Waals surface area contributed by atoms with Gasteiger partial charge in [-0.2, -0.15) is 5.10 Å². The van der Waals surface area contributed by atoms with Crippen LogP contribution >= 0.6 is 31.9 Å². The van der Waals surface area contributed by atoms with Crippen molar-refractivity contribution >= 4 is 37.8 Å². The molecule has 0 spiro atoms. The molecule has 0 radical (unpaired) electrons. The molecule has 0 bridgehead atoms. The van der Waals surface area contributed by atoms with E-state index in [1.54, 1.807) is 12.3 Å². The Hall–Kier alpha value is -1.25. The van der Waals surface area contributed by atoms with Crippen molar-refractivity contribution in [2.45, 2.75) is 0 Å². The summed E-state index contributed by atoms with van der Waals surface area (Å²) in [6.45, 7) is 0. The van der Waals surface area contributed by atoms with Crippen LogP contribution in [-0.4, -0.2) is 34.9 Å². The maximum Gasteiger partial charge on any atom is 0.297 e. The second kappa shape index (κ2) is 6.02. The molecular formula is C12H10Br2FN3O2. The van der Waals surface area contributed by atoms with Crippen molar-refractivity contribution in [3.63, 3.8) is 0 Å². The van der Waals surface area contributed by atoms with Crippen molar-refractivity contribution < 1.29 is 14.0 Å². The summed E-state index contributed by atoms with van der Waals surface area (Å²) in [6, 6.07) is 4.20. The van der Waals surface area contributed by atoms with E-state index in [1.165, 1.54) is 31.0 Å². The Labute approximate surface area is 131 Å². The van der Waals surface area contributed by atoms with Gasteiger partial charge >= 0.3 is 0 Å². The first-order valence-corrected chi connectivity index (χ1v) is 7.05. The first kappa shape index (κ1) is 15.1. The van der Waals surface area contributed by atoms with Crippen molar-refractivity contribution in [2.75, 3.05) is 14.2 Å². The van der Waals surface area contributed by atoms with E-state index in [-0.39, 0.29) is 17.4 Å². The summed E-state index contributed by atoms with van der Waals surface area (Å²) in [5, 5.41) is 5.23. The Morgan fingerprint density at radius 1 is 1.40 bits per heavy atom. The zero-order valence-corrected chi connectivity index (χ0v) is 13.8. The molecule has 2 aromatic rings. The van der Waals surface area contributed by atoms with Crippen molar-refractivity contribution in [3.05, 3.63) is 44.9 Å². The normalized spacial score (nSPS) is 10.7. The molecule has 0 aliphatic rings. The van der Waals surface area contributed by atoms with Gasteiger partial charge in [-0.3, -0.25) is 9.63 Å². The van der Waals surface area contributed by atoms with Crippen LogP contribution in [0.4, 0.5) is 4.39 Å². The monoisotopic (exact) mass is 405 g/mol. The lowest BCUT2D eigenvalue weighted by Gasteiger charge is -2.11. The van der Waals surface area contributed by atoms with Gasteiger partial charge in [-0.1, -0.05) is 0 Å². The molecule has 0 N–H and O–H groups in total. The summed E-state index contributed by atoms with van der Waals surface area (Å²) in [7, 11) is 2.88. The van der Waals surface area contributed by atoms with Crippen LogP contribution in [0.2, 0.25) is 0 Å². The van der Waals surface area contributed by atoms with E-state index in [1.807, 2.05) is 0 Å². The highest BCUT2D eigenvalue weighted by molar-refractivity contribution is 9.11. The van der Waals surface area contributed by atoms with Crippen LogP contribution in [0.15, 0.2) is 33.3 Å². The Bertz CT molecular complexity index is 637. The summed E-state index contributed by atoms with van der Waals surface area (Å²) in [5.74, 6) is -0.754. The predicted octanol–water partition coefficient (Wildman–Crippen LogP) is 3.17. The standard InChI is InChI=1S/C12H10Br2FN3O2/c1-17(20-2)12(19)10-3-4-18(16-10)11-8(13)5-7(15)6-9(11)14/h3-6H,1-2H3. The molecule has 0 aliphatic carbocycles. The number of aromatic nitrogens is 2. The maximum atomic E-state index is 13.2. The number of carbonyl (C=O) groups excluding carboxylic acids is 1. The van der Waals surface area contributed by atoms with E-state index in [0.29, 0.717) is 14.6 Å². The van der Waals surface area contributed by atoms with E-state index in [9.17, 15) is 9.18 Å². The minimum atomic E-state index is -0.380. The SMILES string of the molecule is CON(C)C(=O)c1ccn(-c2c(Br)cc(F)cc2Br)n1. The summed E-state index contributed by atoms with van der Waals surface area (Å²) < 4.78 is 15.8.